The summed E-state index contributed by atoms with van der Waals surface area (Å²) in [5.74, 6) is 0.857. The van der Waals surface area contributed by atoms with Crippen molar-refractivity contribution >= 4 is 11.6 Å². The molecule has 3 heterocycles. The van der Waals surface area contributed by atoms with Gasteiger partial charge < -0.3 is 10.2 Å². The molecule has 5 nitrogen and oxygen atoms in total. The first-order chi connectivity index (χ1) is 11.8. The van der Waals surface area contributed by atoms with Crippen LogP contribution in [-0.2, 0) is 12.8 Å². The second-order valence-electron chi connectivity index (χ2n) is 6.79. The molecule has 2 aromatic rings. The number of nitrogens with one attached hydrogen (secondary N) is 1. The maximum atomic E-state index is 4.36. The van der Waals surface area contributed by atoms with E-state index in [4.69, 9.17) is 0 Å². The van der Waals surface area contributed by atoms with E-state index < -0.39 is 0 Å². The Morgan fingerprint density at radius 3 is 2.71 bits per heavy atom. The molecule has 0 radical (unpaired) electrons. The highest BCUT2D eigenvalue weighted by Gasteiger charge is 2.22. The Morgan fingerprint density at radius 2 is 1.92 bits per heavy atom. The molecule has 1 atom stereocenters. The predicted molar refractivity (Wildman–Crippen MR) is 97.6 cm³/mol. The second-order valence-corrected chi connectivity index (χ2v) is 6.79. The molecule has 0 aliphatic carbocycles. The van der Waals surface area contributed by atoms with E-state index >= 15 is 0 Å². The van der Waals surface area contributed by atoms with Crippen LogP contribution in [0.15, 0.2) is 36.7 Å². The summed E-state index contributed by atoms with van der Waals surface area (Å²) in [5, 5.41) is 3.44. The summed E-state index contributed by atoms with van der Waals surface area (Å²) in [5.41, 5.74) is 4.26. The van der Waals surface area contributed by atoms with Gasteiger partial charge in [-0.2, -0.15) is 0 Å². The summed E-state index contributed by atoms with van der Waals surface area (Å²) in [7, 11) is 0. The van der Waals surface area contributed by atoms with E-state index in [9.17, 15) is 0 Å². The lowest BCUT2D eigenvalue weighted by Gasteiger charge is -2.38. The van der Waals surface area contributed by atoms with Gasteiger partial charge in [-0.05, 0) is 43.0 Å². The highest BCUT2D eigenvalue weighted by Crippen LogP contribution is 2.24. The molecule has 1 unspecified atom stereocenters. The molecule has 1 fully saturated rings. The van der Waals surface area contributed by atoms with Crippen LogP contribution in [0.1, 0.15) is 18.1 Å². The quantitative estimate of drug-likeness (QED) is 0.934. The minimum Gasteiger partial charge on any atom is -0.384 e. The van der Waals surface area contributed by atoms with E-state index in [2.05, 4.69) is 50.2 Å². The molecular weight excluding hydrogens is 298 g/mol. The van der Waals surface area contributed by atoms with Crippen molar-refractivity contribution in [1.82, 2.24) is 14.9 Å². The molecule has 2 aliphatic heterocycles. The molecule has 126 valence electrons. The van der Waals surface area contributed by atoms with Crippen molar-refractivity contribution in [2.75, 3.05) is 42.9 Å². The Kier molecular flexibility index (Phi) is 4.34. The lowest BCUT2D eigenvalue weighted by atomic mass is 10.0. The summed E-state index contributed by atoms with van der Waals surface area (Å²) in [4.78, 5) is 13.6. The predicted octanol–water partition coefficient (Wildman–Crippen LogP) is 2.20. The molecular formula is C19H25N5. The van der Waals surface area contributed by atoms with Crippen molar-refractivity contribution < 1.29 is 0 Å². The molecule has 1 aromatic carbocycles. The van der Waals surface area contributed by atoms with Crippen LogP contribution in [0.5, 0.6) is 0 Å². The van der Waals surface area contributed by atoms with E-state index in [0.717, 1.165) is 51.5 Å². The number of piperazine rings is 1. The van der Waals surface area contributed by atoms with Gasteiger partial charge in [0.2, 0.25) is 5.95 Å². The van der Waals surface area contributed by atoms with E-state index in [0.29, 0.717) is 6.04 Å². The summed E-state index contributed by atoms with van der Waals surface area (Å²) in [6.45, 7) is 7.58. The Bertz CT molecular complexity index is 679. The first kappa shape index (κ1) is 15.4. The van der Waals surface area contributed by atoms with E-state index in [1.807, 2.05) is 18.5 Å². The zero-order chi connectivity index (χ0) is 16.4. The number of hydrogen-bond acceptors (Lipinski definition) is 5. The fraction of sp³-hybridized carbons (Fsp3) is 0.474. The number of benzene rings is 1. The number of fused-ring (bicyclic) bond motifs is 1. The molecule has 0 spiro atoms. The Morgan fingerprint density at radius 1 is 1.12 bits per heavy atom. The topological polar surface area (TPSA) is 44.3 Å². The van der Waals surface area contributed by atoms with Crippen molar-refractivity contribution in [1.29, 1.82) is 0 Å². The van der Waals surface area contributed by atoms with Gasteiger partial charge in [-0.3, -0.25) is 4.90 Å². The van der Waals surface area contributed by atoms with Gasteiger partial charge in [-0.15, -0.1) is 0 Å². The van der Waals surface area contributed by atoms with Gasteiger partial charge in [-0.1, -0.05) is 12.1 Å². The van der Waals surface area contributed by atoms with Crippen LogP contribution in [0.25, 0.3) is 0 Å². The Hall–Kier alpha value is -2.14. The monoisotopic (exact) mass is 323 g/mol. The number of anilines is 2. The van der Waals surface area contributed by atoms with Crippen LogP contribution in [0, 0.1) is 0 Å². The first-order valence-electron chi connectivity index (χ1n) is 8.91. The number of rotatable bonds is 4. The van der Waals surface area contributed by atoms with Crippen LogP contribution in [0.2, 0.25) is 0 Å². The third-order valence-electron chi connectivity index (χ3n) is 5.18. The molecule has 0 bridgehead atoms. The van der Waals surface area contributed by atoms with Gasteiger partial charge in [-0.25, -0.2) is 9.97 Å². The van der Waals surface area contributed by atoms with Crippen molar-refractivity contribution in [3.63, 3.8) is 0 Å². The molecule has 24 heavy (non-hydrogen) atoms. The fourth-order valence-electron chi connectivity index (χ4n) is 3.77. The van der Waals surface area contributed by atoms with Crippen LogP contribution in [0.4, 0.5) is 11.6 Å². The molecule has 5 heteroatoms. The average Bonchev–Trinajstić information content (AvgIpc) is 3.10. The van der Waals surface area contributed by atoms with Crippen LogP contribution in [0.3, 0.4) is 0 Å². The van der Waals surface area contributed by atoms with E-state index in [1.165, 1.54) is 16.8 Å². The molecule has 0 saturated carbocycles. The third-order valence-corrected chi connectivity index (χ3v) is 5.18. The zero-order valence-corrected chi connectivity index (χ0v) is 14.3. The maximum Gasteiger partial charge on any atom is 0.225 e. The second kappa shape index (κ2) is 6.77. The van der Waals surface area contributed by atoms with Gasteiger partial charge >= 0.3 is 0 Å². The highest BCUT2D eigenvalue weighted by atomic mass is 15.3. The number of aromatic nitrogens is 2. The van der Waals surface area contributed by atoms with E-state index in [1.54, 1.807) is 0 Å². The average molecular weight is 323 g/mol. The Balaban J connectivity index is 1.34. The highest BCUT2D eigenvalue weighted by molar-refractivity contribution is 5.56. The molecule has 1 saturated heterocycles. The lowest BCUT2D eigenvalue weighted by molar-refractivity contribution is 0.195. The Labute approximate surface area is 143 Å². The van der Waals surface area contributed by atoms with E-state index in [-0.39, 0.29) is 0 Å². The van der Waals surface area contributed by atoms with Crippen LogP contribution in [-0.4, -0.2) is 53.6 Å². The summed E-state index contributed by atoms with van der Waals surface area (Å²) in [6.07, 6.45) is 5.92. The molecule has 2 aliphatic rings. The van der Waals surface area contributed by atoms with Crippen LogP contribution >= 0.6 is 0 Å². The third kappa shape index (κ3) is 3.22. The van der Waals surface area contributed by atoms with Crippen LogP contribution < -0.4 is 10.2 Å². The first-order valence-corrected chi connectivity index (χ1v) is 8.91. The summed E-state index contributed by atoms with van der Waals surface area (Å²) >= 11 is 0. The normalized spacial score (nSPS) is 19.0. The van der Waals surface area contributed by atoms with Gasteiger partial charge in [0.25, 0.3) is 0 Å². The minimum atomic E-state index is 0.566. The van der Waals surface area contributed by atoms with Gasteiger partial charge in [0.1, 0.15) is 0 Å². The zero-order valence-electron chi connectivity index (χ0n) is 14.3. The lowest BCUT2D eigenvalue weighted by Crippen LogP contribution is -2.50. The van der Waals surface area contributed by atoms with Crippen molar-refractivity contribution in [2.45, 2.75) is 25.8 Å². The summed E-state index contributed by atoms with van der Waals surface area (Å²) in [6, 6.07) is 9.35. The number of nitrogens with zero attached hydrogens (tertiary/aromatic N) is 4. The van der Waals surface area contributed by atoms with Crippen molar-refractivity contribution in [3.05, 3.63) is 47.8 Å². The van der Waals surface area contributed by atoms with Gasteiger partial charge in [0.05, 0.1) is 0 Å². The summed E-state index contributed by atoms with van der Waals surface area (Å²) < 4.78 is 0. The minimum absolute atomic E-state index is 0.566. The molecule has 1 N–H and O–H groups in total. The molecule has 4 rings (SSSR count). The fourth-order valence-corrected chi connectivity index (χ4v) is 3.77. The standard InChI is InChI=1S/C19H25N5/c1-15(13-16-3-4-18-17(14-16)5-8-20-18)23-9-11-24(12-10-23)19-21-6-2-7-22-19/h2-4,6-7,14-15,20H,5,8-13H2,1H3. The van der Waals surface area contributed by atoms with Crippen molar-refractivity contribution in [3.8, 4) is 0 Å². The van der Waals surface area contributed by atoms with Gasteiger partial charge in [0.15, 0.2) is 0 Å². The van der Waals surface area contributed by atoms with Gasteiger partial charge in [0, 0.05) is 56.8 Å². The largest absolute Gasteiger partial charge is 0.384 e. The molecule has 0 amide bonds. The van der Waals surface area contributed by atoms with Crippen molar-refractivity contribution in [2.24, 2.45) is 0 Å². The SMILES string of the molecule is CC(Cc1ccc2c(c1)CCN2)N1CCN(c2ncccn2)CC1. The maximum absolute atomic E-state index is 4.36. The smallest absolute Gasteiger partial charge is 0.225 e. The molecule has 1 aromatic heterocycles. The number of hydrogen-bond donors (Lipinski definition) is 1.